The number of nitrogens with one attached hydrogen (secondary N) is 1. The lowest BCUT2D eigenvalue weighted by Gasteiger charge is -2.37. The van der Waals surface area contributed by atoms with Crippen molar-refractivity contribution in [3.8, 4) is 0 Å². The van der Waals surface area contributed by atoms with E-state index in [1.807, 2.05) is 0 Å². The monoisotopic (exact) mass is 401 g/mol. The van der Waals surface area contributed by atoms with Crippen LogP contribution in [0.25, 0.3) is 0 Å². The number of carbonyl (C=O) groups excluding carboxylic acids is 3. The molecule has 1 aliphatic heterocycles. The Labute approximate surface area is 167 Å². The third-order valence-electron chi connectivity index (χ3n) is 4.99. The van der Waals surface area contributed by atoms with Gasteiger partial charge in [0.1, 0.15) is 11.4 Å². The molecule has 1 fully saturated rings. The standard InChI is InChI=1S/C20H23N3O6/c1-13-12-15(22-29-13)17(24)23-10-8-20(27,9-11-23)19(26)21-16(18(25)28-2)14-6-4-3-5-7-14/h3-7,12,16,27H,8-11H2,1-2H3,(H,21,26)/t16-/m0/s1. The smallest absolute Gasteiger partial charge is 0.333 e. The summed E-state index contributed by atoms with van der Waals surface area (Å²) in [6.45, 7) is 2.03. The van der Waals surface area contributed by atoms with Crippen LogP contribution >= 0.6 is 0 Å². The number of esters is 1. The van der Waals surface area contributed by atoms with Crippen LogP contribution in [0, 0.1) is 6.92 Å². The second-order valence-electron chi connectivity index (χ2n) is 6.99. The van der Waals surface area contributed by atoms with Crippen molar-refractivity contribution in [2.45, 2.75) is 31.4 Å². The normalized spacial score (nSPS) is 16.7. The van der Waals surface area contributed by atoms with Gasteiger partial charge in [0.2, 0.25) is 0 Å². The van der Waals surface area contributed by atoms with Gasteiger partial charge in [0.15, 0.2) is 11.7 Å². The number of ether oxygens (including phenoxy) is 1. The number of hydrogen-bond acceptors (Lipinski definition) is 7. The maximum atomic E-state index is 12.8. The van der Waals surface area contributed by atoms with E-state index in [1.54, 1.807) is 37.3 Å². The molecule has 9 nitrogen and oxygen atoms in total. The maximum Gasteiger partial charge on any atom is 0.333 e. The molecular weight excluding hydrogens is 378 g/mol. The summed E-state index contributed by atoms with van der Waals surface area (Å²) in [7, 11) is 1.23. The first-order chi connectivity index (χ1) is 13.8. The van der Waals surface area contributed by atoms with Crippen molar-refractivity contribution in [3.05, 3.63) is 53.4 Å². The molecule has 0 unspecified atom stereocenters. The molecule has 1 aliphatic rings. The van der Waals surface area contributed by atoms with E-state index in [0.29, 0.717) is 11.3 Å². The van der Waals surface area contributed by atoms with E-state index < -0.39 is 23.5 Å². The summed E-state index contributed by atoms with van der Waals surface area (Å²) in [5.74, 6) is -1.11. The molecular formula is C20H23N3O6. The van der Waals surface area contributed by atoms with Gasteiger partial charge in [-0.25, -0.2) is 4.79 Å². The number of benzene rings is 1. The Morgan fingerprint density at radius 2 is 1.90 bits per heavy atom. The lowest BCUT2D eigenvalue weighted by molar-refractivity contribution is -0.151. The van der Waals surface area contributed by atoms with E-state index in [4.69, 9.17) is 9.26 Å². The Bertz CT molecular complexity index is 887. The van der Waals surface area contributed by atoms with Gasteiger partial charge in [-0.1, -0.05) is 35.5 Å². The van der Waals surface area contributed by atoms with Crippen LogP contribution in [-0.4, -0.2) is 58.7 Å². The number of likely N-dealkylation sites (tertiary alicyclic amines) is 1. The van der Waals surface area contributed by atoms with Crippen molar-refractivity contribution in [2.75, 3.05) is 20.2 Å². The molecule has 3 rings (SSSR count). The van der Waals surface area contributed by atoms with Crippen LogP contribution < -0.4 is 5.32 Å². The summed E-state index contributed by atoms with van der Waals surface area (Å²) in [5.41, 5.74) is -0.963. The van der Waals surface area contributed by atoms with E-state index in [-0.39, 0.29) is 37.5 Å². The number of carbonyl (C=O) groups is 3. The predicted molar refractivity (Wildman–Crippen MR) is 101 cm³/mol. The molecule has 0 radical (unpaired) electrons. The first-order valence-electron chi connectivity index (χ1n) is 9.23. The minimum atomic E-state index is -1.70. The number of amides is 2. The zero-order valence-electron chi connectivity index (χ0n) is 16.3. The van der Waals surface area contributed by atoms with Gasteiger partial charge in [-0.05, 0) is 12.5 Å². The molecule has 154 valence electrons. The third-order valence-corrected chi connectivity index (χ3v) is 4.99. The molecule has 2 N–H and O–H groups in total. The largest absolute Gasteiger partial charge is 0.467 e. The number of aliphatic hydroxyl groups is 1. The average molecular weight is 401 g/mol. The molecule has 1 aromatic heterocycles. The zero-order valence-corrected chi connectivity index (χ0v) is 16.3. The molecule has 0 saturated carbocycles. The van der Waals surface area contributed by atoms with Gasteiger partial charge < -0.3 is 24.6 Å². The molecule has 2 aromatic rings. The van der Waals surface area contributed by atoms with Gasteiger partial charge in [0.05, 0.1) is 7.11 Å². The number of methoxy groups -OCH3 is 1. The molecule has 29 heavy (non-hydrogen) atoms. The van der Waals surface area contributed by atoms with Crippen LogP contribution in [0.1, 0.15) is 40.7 Å². The lowest BCUT2D eigenvalue weighted by Crippen LogP contribution is -2.56. The number of rotatable bonds is 5. The van der Waals surface area contributed by atoms with Crippen molar-refractivity contribution >= 4 is 17.8 Å². The SMILES string of the molecule is COC(=O)[C@@H](NC(=O)C1(O)CCN(C(=O)c2cc(C)on2)CC1)c1ccccc1. The summed E-state index contributed by atoms with van der Waals surface area (Å²) < 4.78 is 9.70. The van der Waals surface area contributed by atoms with Crippen LogP contribution in [-0.2, 0) is 14.3 Å². The Kier molecular flexibility index (Phi) is 5.97. The second-order valence-corrected chi connectivity index (χ2v) is 6.99. The highest BCUT2D eigenvalue weighted by Crippen LogP contribution is 2.25. The second kappa shape index (κ2) is 8.44. The van der Waals surface area contributed by atoms with Crippen molar-refractivity contribution in [3.63, 3.8) is 0 Å². The highest BCUT2D eigenvalue weighted by Gasteiger charge is 2.42. The van der Waals surface area contributed by atoms with Crippen LogP contribution in [0.4, 0.5) is 0 Å². The molecule has 2 heterocycles. The first-order valence-corrected chi connectivity index (χ1v) is 9.23. The van der Waals surface area contributed by atoms with Gasteiger partial charge in [-0.15, -0.1) is 0 Å². The van der Waals surface area contributed by atoms with E-state index in [2.05, 4.69) is 10.5 Å². The fraction of sp³-hybridized carbons (Fsp3) is 0.400. The van der Waals surface area contributed by atoms with Crippen LogP contribution in [0.15, 0.2) is 40.9 Å². The number of nitrogens with zero attached hydrogens (tertiary/aromatic N) is 2. The van der Waals surface area contributed by atoms with Gasteiger partial charge in [-0.2, -0.15) is 0 Å². The molecule has 1 atom stereocenters. The van der Waals surface area contributed by atoms with Crippen molar-refractivity contribution in [2.24, 2.45) is 0 Å². The molecule has 2 amide bonds. The van der Waals surface area contributed by atoms with E-state index in [1.165, 1.54) is 18.1 Å². The van der Waals surface area contributed by atoms with E-state index in [9.17, 15) is 19.5 Å². The Hall–Kier alpha value is -3.20. The maximum absolute atomic E-state index is 12.8. The number of hydrogen-bond donors (Lipinski definition) is 2. The molecule has 0 spiro atoms. The topological polar surface area (TPSA) is 122 Å². The molecule has 0 bridgehead atoms. The quantitative estimate of drug-likeness (QED) is 0.716. The summed E-state index contributed by atoms with van der Waals surface area (Å²) in [5, 5.41) is 17.1. The molecule has 1 saturated heterocycles. The number of piperidine rings is 1. The van der Waals surface area contributed by atoms with E-state index >= 15 is 0 Å². The molecule has 1 aromatic carbocycles. The van der Waals surface area contributed by atoms with Crippen LogP contribution in [0.3, 0.4) is 0 Å². The van der Waals surface area contributed by atoms with E-state index in [0.717, 1.165) is 0 Å². The van der Waals surface area contributed by atoms with Gasteiger partial charge in [0.25, 0.3) is 11.8 Å². The molecule has 9 heteroatoms. The minimum absolute atomic E-state index is 0.0318. The van der Waals surface area contributed by atoms with Gasteiger partial charge in [0, 0.05) is 32.0 Å². The summed E-state index contributed by atoms with van der Waals surface area (Å²) >= 11 is 0. The van der Waals surface area contributed by atoms with Gasteiger partial charge in [-0.3, -0.25) is 9.59 Å². The van der Waals surface area contributed by atoms with Crippen molar-refractivity contribution in [1.82, 2.24) is 15.4 Å². The Balaban J connectivity index is 1.66. The van der Waals surface area contributed by atoms with Crippen LogP contribution in [0.2, 0.25) is 0 Å². The fourth-order valence-corrected chi connectivity index (χ4v) is 3.24. The fourth-order valence-electron chi connectivity index (χ4n) is 3.24. The third kappa shape index (κ3) is 4.45. The predicted octanol–water partition coefficient (Wildman–Crippen LogP) is 0.981. The average Bonchev–Trinajstić information content (AvgIpc) is 3.18. The molecule has 0 aliphatic carbocycles. The highest BCUT2D eigenvalue weighted by molar-refractivity contribution is 5.93. The number of aryl methyl sites for hydroxylation is 1. The first kappa shape index (κ1) is 20.5. The highest BCUT2D eigenvalue weighted by atomic mass is 16.5. The minimum Gasteiger partial charge on any atom is -0.467 e. The van der Waals surface area contributed by atoms with Crippen molar-refractivity contribution in [1.29, 1.82) is 0 Å². The van der Waals surface area contributed by atoms with Gasteiger partial charge >= 0.3 is 5.97 Å². The summed E-state index contributed by atoms with van der Waals surface area (Å²) in [6.07, 6.45) is 0.0637. The summed E-state index contributed by atoms with van der Waals surface area (Å²) in [4.78, 5) is 38.9. The Morgan fingerprint density at radius 1 is 1.24 bits per heavy atom. The lowest BCUT2D eigenvalue weighted by atomic mass is 9.89. The zero-order chi connectivity index (χ0) is 21.0. The van der Waals surface area contributed by atoms with Crippen molar-refractivity contribution < 1.29 is 28.8 Å². The number of aromatic nitrogens is 1. The Morgan fingerprint density at radius 3 is 2.45 bits per heavy atom. The van der Waals surface area contributed by atoms with Crippen LogP contribution in [0.5, 0.6) is 0 Å². The summed E-state index contributed by atoms with van der Waals surface area (Å²) in [6, 6.07) is 9.15.